The van der Waals surface area contributed by atoms with Gasteiger partial charge in [0.1, 0.15) is 0 Å². The Labute approximate surface area is 116 Å². The van der Waals surface area contributed by atoms with E-state index < -0.39 is 0 Å². The molecule has 6 nitrogen and oxygen atoms in total. The lowest BCUT2D eigenvalue weighted by atomic mass is 10.1. The Balaban J connectivity index is 1.90. The van der Waals surface area contributed by atoms with Crippen LogP contribution in [0.2, 0.25) is 0 Å². The van der Waals surface area contributed by atoms with Gasteiger partial charge in [0.15, 0.2) is 0 Å². The second-order valence-electron chi connectivity index (χ2n) is 4.74. The van der Waals surface area contributed by atoms with E-state index in [1.807, 2.05) is 24.0 Å². The van der Waals surface area contributed by atoms with Crippen LogP contribution in [0.5, 0.6) is 0 Å². The lowest BCUT2D eigenvalue weighted by molar-refractivity contribution is -0.00397. The van der Waals surface area contributed by atoms with Crippen LogP contribution in [0.15, 0.2) is 30.6 Å². The van der Waals surface area contributed by atoms with Crippen LogP contribution in [0.4, 0.5) is 0 Å². The van der Waals surface area contributed by atoms with Gasteiger partial charge in [-0.2, -0.15) is 5.10 Å². The lowest BCUT2D eigenvalue weighted by Crippen LogP contribution is -2.43. The van der Waals surface area contributed by atoms with E-state index in [9.17, 15) is 4.79 Å². The van der Waals surface area contributed by atoms with Crippen LogP contribution in [0.1, 0.15) is 27.8 Å². The fourth-order valence-corrected chi connectivity index (χ4v) is 2.42. The zero-order valence-corrected chi connectivity index (χ0v) is 11.2. The predicted octanol–water partition coefficient (Wildman–Crippen LogP) is 1.33. The van der Waals surface area contributed by atoms with E-state index in [-0.39, 0.29) is 11.9 Å². The number of nitrogens with zero attached hydrogens (tertiary/aromatic N) is 3. The van der Waals surface area contributed by atoms with E-state index in [1.165, 1.54) is 0 Å². The van der Waals surface area contributed by atoms with Gasteiger partial charge in [-0.15, -0.1) is 0 Å². The first-order chi connectivity index (χ1) is 9.77. The first-order valence-electron chi connectivity index (χ1n) is 6.57. The number of ether oxygens (including phenoxy) is 1. The fourth-order valence-electron chi connectivity index (χ4n) is 2.42. The molecule has 0 radical (unpaired) electrons. The van der Waals surface area contributed by atoms with E-state index >= 15 is 0 Å². The highest BCUT2D eigenvalue weighted by Crippen LogP contribution is 2.24. The number of morpholine rings is 1. The number of amides is 1. The minimum absolute atomic E-state index is 0.0153. The van der Waals surface area contributed by atoms with Gasteiger partial charge in [0.25, 0.3) is 5.91 Å². The topological polar surface area (TPSA) is 71.1 Å². The van der Waals surface area contributed by atoms with Crippen molar-refractivity contribution in [1.82, 2.24) is 20.1 Å². The number of carbonyl (C=O) groups is 1. The first kappa shape index (κ1) is 12.8. The highest BCUT2D eigenvalue weighted by Gasteiger charge is 2.30. The molecule has 1 fully saturated rings. The van der Waals surface area contributed by atoms with Crippen LogP contribution in [0, 0.1) is 6.92 Å². The normalized spacial score (nSPS) is 19.1. The van der Waals surface area contributed by atoms with Crippen LogP contribution < -0.4 is 0 Å². The van der Waals surface area contributed by atoms with E-state index in [2.05, 4.69) is 15.2 Å². The maximum absolute atomic E-state index is 12.7. The van der Waals surface area contributed by atoms with Crippen molar-refractivity contribution < 1.29 is 9.53 Å². The molecule has 3 heterocycles. The zero-order chi connectivity index (χ0) is 13.9. The first-order valence-corrected chi connectivity index (χ1v) is 6.57. The second kappa shape index (κ2) is 5.42. The summed E-state index contributed by atoms with van der Waals surface area (Å²) in [5.41, 5.74) is 2.27. The molecule has 6 heteroatoms. The van der Waals surface area contributed by atoms with Crippen molar-refractivity contribution in [3.05, 3.63) is 47.5 Å². The summed E-state index contributed by atoms with van der Waals surface area (Å²) in [7, 11) is 0. The van der Waals surface area contributed by atoms with Crippen molar-refractivity contribution in [3.8, 4) is 0 Å². The number of H-pyrrole nitrogens is 1. The summed E-state index contributed by atoms with van der Waals surface area (Å²) in [4.78, 5) is 18.7. The van der Waals surface area contributed by atoms with Gasteiger partial charge in [0.2, 0.25) is 0 Å². The van der Waals surface area contributed by atoms with Crippen LogP contribution in [0.25, 0.3) is 0 Å². The Morgan fingerprint density at radius 1 is 1.45 bits per heavy atom. The molecule has 0 saturated carbocycles. The van der Waals surface area contributed by atoms with Crippen molar-refractivity contribution >= 4 is 5.91 Å². The van der Waals surface area contributed by atoms with Crippen molar-refractivity contribution in [2.24, 2.45) is 0 Å². The van der Waals surface area contributed by atoms with Crippen molar-refractivity contribution in [1.29, 1.82) is 0 Å². The van der Waals surface area contributed by atoms with E-state index in [4.69, 9.17) is 4.74 Å². The average Bonchev–Trinajstić information content (AvgIpc) is 3.01. The third-order valence-corrected chi connectivity index (χ3v) is 3.51. The number of nitrogens with one attached hydrogen (secondary N) is 1. The molecular weight excluding hydrogens is 256 g/mol. The highest BCUT2D eigenvalue weighted by molar-refractivity contribution is 5.95. The molecule has 1 aliphatic heterocycles. The number of rotatable bonds is 2. The van der Waals surface area contributed by atoms with Crippen LogP contribution in [-0.2, 0) is 4.74 Å². The molecule has 3 rings (SSSR count). The third-order valence-electron chi connectivity index (χ3n) is 3.51. The molecule has 0 aliphatic carbocycles. The van der Waals surface area contributed by atoms with Gasteiger partial charge in [0.05, 0.1) is 30.5 Å². The number of hydrogen-bond acceptors (Lipinski definition) is 4. The maximum Gasteiger partial charge on any atom is 0.256 e. The van der Waals surface area contributed by atoms with Crippen molar-refractivity contribution in [2.75, 3.05) is 19.8 Å². The highest BCUT2D eigenvalue weighted by atomic mass is 16.5. The largest absolute Gasteiger partial charge is 0.377 e. The summed E-state index contributed by atoms with van der Waals surface area (Å²) in [6, 6.07) is 5.34. The van der Waals surface area contributed by atoms with Crippen LogP contribution >= 0.6 is 0 Å². The Morgan fingerprint density at radius 3 is 3.10 bits per heavy atom. The quantitative estimate of drug-likeness (QED) is 0.895. The van der Waals surface area contributed by atoms with E-state index in [0.717, 1.165) is 11.4 Å². The van der Waals surface area contributed by atoms with E-state index in [0.29, 0.717) is 25.3 Å². The van der Waals surface area contributed by atoms with Crippen LogP contribution in [0.3, 0.4) is 0 Å². The third kappa shape index (κ3) is 2.30. The molecule has 2 aromatic rings. The molecule has 0 bridgehead atoms. The molecule has 1 amide bonds. The summed E-state index contributed by atoms with van der Waals surface area (Å²) in [5.74, 6) is -0.0153. The van der Waals surface area contributed by atoms with E-state index in [1.54, 1.807) is 18.5 Å². The molecule has 104 valence electrons. The molecule has 2 aromatic heterocycles. The summed E-state index contributed by atoms with van der Waals surface area (Å²) in [6.45, 7) is 3.44. The van der Waals surface area contributed by atoms with Crippen molar-refractivity contribution in [3.63, 3.8) is 0 Å². The number of hydrogen-bond donors (Lipinski definition) is 1. The Bertz CT molecular complexity index is 597. The minimum atomic E-state index is -0.127. The number of aromatic amines is 1. The monoisotopic (exact) mass is 272 g/mol. The average molecular weight is 272 g/mol. The number of pyridine rings is 1. The fraction of sp³-hybridized carbons (Fsp3) is 0.357. The van der Waals surface area contributed by atoms with Crippen molar-refractivity contribution in [2.45, 2.75) is 13.0 Å². The summed E-state index contributed by atoms with van der Waals surface area (Å²) < 4.78 is 5.50. The molecule has 1 N–H and O–H groups in total. The lowest BCUT2D eigenvalue weighted by Gasteiger charge is -2.35. The van der Waals surface area contributed by atoms with Gasteiger partial charge in [-0.25, -0.2) is 0 Å². The summed E-state index contributed by atoms with van der Waals surface area (Å²) >= 11 is 0. The molecule has 1 unspecified atom stereocenters. The smallest absolute Gasteiger partial charge is 0.256 e. The number of aryl methyl sites for hydroxylation is 1. The molecule has 0 spiro atoms. The molecule has 1 aliphatic rings. The minimum Gasteiger partial charge on any atom is -0.377 e. The van der Waals surface area contributed by atoms with Gasteiger partial charge < -0.3 is 9.64 Å². The molecule has 0 aromatic carbocycles. The number of aromatic nitrogens is 3. The molecule has 1 atom stereocenters. The SMILES string of the molecule is Cc1ncccc1C(=O)N1CCOCC1c1ccn[nH]1. The molecule has 20 heavy (non-hydrogen) atoms. The van der Waals surface area contributed by atoms with Crippen LogP contribution in [-0.4, -0.2) is 45.7 Å². The number of carbonyl (C=O) groups excluding carboxylic acids is 1. The van der Waals surface area contributed by atoms with Gasteiger partial charge >= 0.3 is 0 Å². The Hall–Kier alpha value is -2.21. The second-order valence-corrected chi connectivity index (χ2v) is 4.74. The van der Waals surface area contributed by atoms with Gasteiger partial charge in [0, 0.05) is 24.6 Å². The predicted molar refractivity (Wildman–Crippen MR) is 72.2 cm³/mol. The Kier molecular flexibility index (Phi) is 3.47. The molecular formula is C14H16N4O2. The zero-order valence-electron chi connectivity index (χ0n) is 11.2. The summed E-state index contributed by atoms with van der Waals surface area (Å²) in [6.07, 6.45) is 3.37. The maximum atomic E-state index is 12.7. The van der Waals surface area contributed by atoms with Gasteiger partial charge in [-0.3, -0.25) is 14.9 Å². The van der Waals surface area contributed by atoms with Gasteiger partial charge in [-0.1, -0.05) is 0 Å². The van der Waals surface area contributed by atoms with Gasteiger partial charge in [-0.05, 0) is 25.1 Å². The Morgan fingerprint density at radius 2 is 2.35 bits per heavy atom. The summed E-state index contributed by atoms with van der Waals surface area (Å²) in [5, 5.41) is 6.87. The molecule has 1 saturated heterocycles. The standard InChI is InChI=1S/C14H16N4O2/c1-10-11(3-2-5-15-10)14(19)18-7-8-20-9-13(18)12-4-6-16-17-12/h2-6,13H,7-9H2,1H3,(H,16,17).